The fourth-order valence-corrected chi connectivity index (χ4v) is 3.99. The zero-order valence-corrected chi connectivity index (χ0v) is 14.8. The molecule has 0 aliphatic carbocycles. The lowest BCUT2D eigenvalue weighted by atomic mass is 9.94. The van der Waals surface area contributed by atoms with Crippen LogP contribution in [-0.4, -0.2) is 44.8 Å². The lowest BCUT2D eigenvalue weighted by Gasteiger charge is -2.30. The molecule has 1 aromatic carbocycles. The van der Waals surface area contributed by atoms with Crippen molar-refractivity contribution in [2.75, 3.05) is 32.8 Å². The fraction of sp³-hybridized carbons (Fsp3) is 0.650. The van der Waals surface area contributed by atoms with Crippen molar-refractivity contribution in [1.82, 2.24) is 5.32 Å². The monoisotopic (exact) mass is 331 g/mol. The first-order valence-electron chi connectivity index (χ1n) is 9.50. The number of benzene rings is 1. The number of carbonyl (C=O) groups is 1. The minimum atomic E-state index is 0.196. The number of hydrogen-bond donors (Lipinski definition) is 2. The number of piperidine rings is 1. The molecule has 0 unspecified atom stereocenters. The predicted molar refractivity (Wildman–Crippen MR) is 95.1 cm³/mol. The summed E-state index contributed by atoms with van der Waals surface area (Å²) in [5, 5.41) is 3.10. The quantitative estimate of drug-likeness (QED) is 0.827. The van der Waals surface area contributed by atoms with Crippen LogP contribution in [0.15, 0.2) is 30.3 Å². The van der Waals surface area contributed by atoms with Crippen LogP contribution < -0.4 is 10.2 Å². The molecule has 2 fully saturated rings. The highest BCUT2D eigenvalue weighted by molar-refractivity contribution is 5.78. The Kier molecular flexibility index (Phi) is 6.27. The standard InChI is InChI=1S/C20H30N2O2/c1-16(17-6-3-2-4-7-17)15-22-11-9-18(10-12-22)20(23)21-14-19-8-5-13-24-19/h2-4,6-7,16,18-19H,5,8-15H2,1H3,(H,21,23)/p+1/t16-,19+/m0/s1. The van der Waals surface area contributed by atoms with Gasteiger partial charge in [0.25, 0.3) is 0 Å². The van der Waals surface area contributed by atoms with E-state index in [0.29, 0.717) is 12.5 Å². The summed E-state index contributed by atoms with van der Waals surface area (Å²) in [5.41, 5.74) is 1.42. The molecule has 24 heavy (non-hydrogen) atoms. The lowest BCUT2D eigenvalue weighted by Crippen LogP contribution is -3.13. The summed E-state index contributed by atoms with van der Waals surface area (Å²) in [7, 11) is 0. The average Bonchev–Trinajstić information content (AvgIpc) is 3.14. The minimum absolute atomic E-state index is 0.196. The molecule has 3 rings (SSSR count). The average molecular weight is 331 g/mol. The SMILES string of the molecule is C[C@@H](C[NH+]1CCC(C(=O)NC[C@H]2CCCO2)CC1)c1ccccc1. The maximum absolute atomic E-state index is 12.3. The van der Waals surface area contributed by atoms with Crippen molar-refractivity contribution in [2.24, 2.45) is 5.92 Å². The van der Waals surface area contributed by atoms with E-state index in [-0.39, 0.29) is 17.9 Å². The zero-order chi connectivity index (χ0) is 16.8. The molecule has 132 valence electrons. The van der Waals surface area contributed by atoms with E-state index in [9.17, 15) is 4.79 Å². The molecule has 4 heteroatoms. The molecule has 0 radical (unpaired) electrons. The third-order valence-electron chi connectivity index (χ3n) is 5.55. The minimum Gasteiger partial charge on any atom is -0.376 e. The van der Waals surface area contributed by atoms with Crippen LogP contribution in [0.3, 0.4) is 0 Å². The van der Waals surface area contributed by atoms with Crippen LogP contribution in [0.5, 0.6) is 0 Å². The van der Waals surface area contributed by atoms with Crippen LogP contribution in [0.1, 0.15) is 44.1 Å². The van der Waals surface area contributed by atoms with Gasteiger partial charge in [-0.25, -0.2) is 0 Å². The van der Waals surface area contributed by atoms with Crippen molar-refractivity contribution in [2.45, 2.75) is 44.6 Å². The van der Waals surface area contributed by atoms with Gasteiger partial charge in [0.15, 0.2) is 0 Å². The van der Waals surface area contributed by atoms with Crippen LogP contribution in [0.2, 0.25) is 0 Å². The molecule has 2 atom stereocenters. The summed E-state index contributed by atoms with van der Waals surface area (Å²) in [5.74, 6) is 1.01. The summed E-state index contributed by atoms with van der Waals surface area (Å²) in [6.45, 7) is 7.22. The van der Waals surface area contributed by atoms with Crippen LogP contribution in [0.4, 0.5) is 0 Å². The van der Waals surface area contributed by atoms with Crippen LogP contribution >= 0.6 is 0 Å². The number of quaternary nitrogens is 1. The van der Waals surface area contributed by atoms with E-state index in [1.807, 2.05) is 0 Å². The van der Waals surface area contributed by atoms with E-state index < -0.39 is 0 Å². The zero-order valence-electron chi connectivity index (χ0n) is 14.8. The molecule has 0 saturated carbocycles. The van der Waals surface area contributed by atoms with Gasteiger partial charge in [-0.05, 0) is 18.4 Å². The highest BCUT2D eigenvalue weighted by Gasteiger charge is 2.29. The second-order valence-corrected chi connectivity index (χ2v) is 7.42. The van der Waals surface area contributed by atoms with Crippen LogP contribution in [0.25, 0.3) is 0 Å². The number of hydrogen-bond acceptors (Lipinski definition) is 2. The number of likely N-dealkylation sites (tertiary alicyclic amines) is 1. The Morgan fingerprint density at radius 1 is 1.25 bits per heavy atom. The van der Waals surface area contributed by atoms with Crippen molar-refractivity contribution in [3.05, 3.63) is 35.9 Å². The normalized spacial score (nSPS) is 28.5. The summed E-state index contributed by atoms with van der Waals surface area (Å²) >= 11 is 0. The van der Waals surface area contributed by atoms with E-state index in [4.69, 9.17) is 4.74 Å². The van der Waals surface area contributed by atoms with Gasteiger partial charge in [-0.1, -0.05) is 37.3 Å². The molecule has 2 saturated heterocycles. The molecule has 1 aromatic rings. The van der Waals surface area contributed by atoms with Gasteiger partial charge < -0.3 is 15.0 Å². The molecule has 2 aliphatic heterocycles. The molecule has 2 aliphatic rings. The Labute approximate surface area is 145 Å². The fourth-order valence-electron chi connectivity index (χ4n) is 3.99. The molecular weight excluding hydrogens is 300 g/mol. The molecule has 0 spiro atoms. The Balaban J connectivity index is 1.38. The van der Waals surface area contributed by atoms with Gasteiger partial charge in [-0.15, -0.1) is 0 Å². The van der Waals surface area contributed by atoms with Crippen molar-refractivity contribution < 1.29 is 14.4 Å². The first-order valence-corrected chi connectivity index (χ1v) is 9.50. The van der Waals surface area contributed by atoms with Crippen molar-refractivity contribution in [3.63, 3.8) is 0 Å². The molecule has 4 nitrogen and oxygen atoms in total. The van der Waals surface area contributed by atoms with E-state index in [1.54, 1.807) is 4.90 Å². The van der Waals surface area contributed by atoms with Crippen molar-refractivity contribution in [3.8, 4) is 0 Å². The summed E-state index contributed by atoms with van der Waals surface area (Å²) in [6, 6.07) is 10.7. The third kappa shape index (κ3) is 4.81. The van der Waals surface area contributed by atoms with Gasteiger partial charge in [-0.2, -0.15) is 0 Å². The first kappa shape index (κ1) is 17.4. The van der Waals surface area contributed by atoms with E-state index in [1.165, 1.54) is 5.56 Å². The predicted octanol–water partition coefficient (Wildman–Crippen LogP) is 1.38. The van der Waals surface area contributed by atoms with Gasteiger partial charge in [0, 0.05) is 37.8 Å². The van der Waals surface area contributed by atoms with Gasteiger partial charge in [0.05, 0.1) is 25.7 Å². The maximum atomic E-state index is 12.3. The van der Waals surface area contributed by atoms with Crippen LogP contribution in [-0.2, 0) is 9.53 Å². The molecule has 0 bridgehead atoms. The maximum Gasteiger partial charge on any atom is 0.223 e. The Morgan fingerprint density at radius 2 is 2.00 bits per heavy atom. The van der Waals surface area contributed by atoms with Gasteiger partial charge in [0.2, 0.25) is 5.91 Å². The van der Waals surface area contributed by atoms with Crippen molar-refractivity contribution in [1.29, 1.82) is 0 Å². The molecule has 2 heterocycles. The summed E-state index contributed by atoms with van der Waals surface area (Å²) < 4.78 is 5.57. The van der Waals surface area contributed by atoms with Gasteiger partial charge >= 0.3 is 0 Å². The van der Waals surface area contributed by atoms with Gasteiger partial charge in [0.1, 0.15) is 0 Å². The first-order chi connectivity index (χ1) is 11.7. The topological polar surface area (TPSA) is 42.8 Å². The third-order valence-corrected chi connectivity index (χ3v) is 5.55. The number of ether oxygens (including phenoxy) is 1. The molecule has 2 N–H and O–H groups in total. The molecular formula is C20H31N2O2+. The number of amides is 1. The Hall–Kier alpha value is -1.39. The second kappa shape index (κ2) is 8.63. The number of carbonyl (C=O) groups excluding carboxylic acids is 1. The Bertz CT molecular complexity index is 506. The van der Waals surface area contributed by atoms with Crippen LogP contribution in [0, 0.1) is 5.92 Å². The largest absolute Gasteiger partial charge is 0.376 e. The molecule has 1 amide bonds. The van der Waals surface area contributed by atoms with E-state index >= 15 is 0 Å². The smallest absolute Gasteiger partial charge is 0.223 e. The number of rotatable bonds is 6. The highest BCUT2D eigenvalue weighted by atomic mass is 16.5. The Morgan fingerprint density at radius 3 is 2.67 bits per heavy atom. The van der Waals surface area contributed by atoms with E-state index in [2.05, 4.69) is 42.6 Å². The summed E-state index contributed by atoms with van der Waals surface area (Å²) in [4.78, 5) is 14.0. The molecule has 0 aromatic heterocycles. The summed E-state index contributed by atoms with van der Waals surface area (Å²) in [6.07, 6.45) is 4.47. The second-order valence-electron chi connectivity index (χ2n) is 7.42. The van der Waals surface area contributed by atoms with Gasteiger partial charge in [-0.3, -0.25) is 4.79 Å². The highest BCUT2D eigenvalue weighted by Crippen LogP contribution is 2.15. The van der Waals surface area contributed by atoms with Crippen molar-refractivity contribution >= 4 is 5.91 Å². The van der Waals surface area contributed by atoms with E-state index in [0.717, 1.165) is 51.9 Å². The number of nitrogens with one attached hydrogen (secondary N) is 2. The lowest BCUT2D eigenvalue weighted by molar-refractivity contribution is -0.907.